The van der Waals surface area contributed by atoms with Gasteiger partial charge in [-0.05, 0) is 49.9 Å². The number of piperidine rings is 1. The minimum Gasteiger partial charge on any atom is -0.357 e. The zero-order chi connectivity index (χ0) is 17.4. The molecule has 1 saturated heterocycles. The fourth-order valence-corrected chi connectivity index (χ4v) is 3.43. The molecule has 5 heteroatoms. The Kier molecular flexibility index (Phi) is 7.79. The van der Waals surface area contributed by atoms with E-state index in [1.54, 1.807) is 0 Å². The second kappa shape index (κ2) is 9.84. The van der Waals surface area contributed by atoms with Gasteiger partial charge in [-0.3, -0.25) is 4.90 Å². The topological polar surface area (TPSA) is 39.7 Å². The molecule has 0 saturated carbocycles. The first kappa shape index (κ1) is 19.0. The van der Waals surface area contributed by atoms with Crippen LogP contribution in [-0.2, 0) is 6.54 Å². The molecule has 0 unspecified atom stereocenters. The van der Waals surface area contributed by atoms with Crippen LogP contribution in [0.25, 0.3) is 0 Å². The Hall–Kier alpha value is -1.33. The fraction of sp³-hybridized carbons (Fsp3) is 0.526. The molecule has 1 aliphatic heterocycles. The van der Waals surface area contributed by atoms with Crippen molar-refractivity contribution in [3.05, 3.63) is 46.5 Å². The van der Waals surface area contributed by atoms with Crippen molar-refractivity contribution in [2.45, 2.75) is 39.3 Å². The van der Waals surface area contributed by atoms with Crippen LogP contribution in [0.5, 0.6) is 0 Å². The van der Waals surface area contributed by atoms with E-state index < -0.39 is 0 Å². The Balaban J connectivity index is 1.92. The number of guanidine groups is 1. The van der Waals surface area contributed by atoms with Gasteiger partial charge in [0.25, 0.3) is 0 Å². The molecular formula is C19H29BrN4. The average Bonchev–Trinajstić information content (AvgIpc) is 2.56. The zero-order valence-corrected chi connectivity index (χ0v) is 16.4. The van der Waals surface area contributed by atoms with Crippen LogP contribution in [0.2, 0.25) is 0 Å². The number of nitrogens with one attached hydrogen (secondary N) is 2. The van der Waals surface area contributed by atoms with Crippen LogP contribution in [0.1, 0.15) is 30.9 Å². The molecule has 0 aliphatic carbocycles. The van der Waals surface area contributed by atoms with Crippen LogP contribution < -0.4 is 10.6 Å². The summed E-state index contributed by atoms with van der Waals surface area (Å²) >= 11 is 3.51. The first-order valence-electron chi connectivity index (χ1n) is 8.75. The first-order chi connectivity index (χ1) is 11.6. The molecule has 132 valence electrons. The van der Waals surface area contributed by atoms with Gasteiger partial charge in [0.15, 0.2) is 5.96 Å². The van der Waals surface area contributed by atoms with E-state index in [4.69, 9.17) is 4.99 Å². The fourth-order valence-electron chi connectivity index (χ4n) is 2.96. The quantitative estimate of drug-likeness (QED) is 0.442. The highest BCUT2D eigenvalue weighted by atomic mass is 79.9. The molecule has 0 radical (unpaired) electrons. The van der Waals surface area contributed by atoms with Crippen LogP contribution in [0.4, 0.5) is 0 Å². The standard InChI is InChI=1S/C19H29BrN4/c1-4-10-24-11-8-18(9-12-24)23-19(21-5-2)22-14-16-6-7-17(20)13-15(16)3/h4,6-7,13,18H,1,5,8-12,14H2,2-3H3,(H2,21,22,23). The van der Waals surface area contributed by atoms with Gasteiger partial charge < -0.3 is 10.6 Å². The van der Waals surface area contributed by atoms with Crippen molar-refractivity contribution in [2.75, 3.05) is 26.2 Å². The Labute approximate surface area is 154 Å². The van der Waals surface area contributed by atoms with Crippen LogP contribution in [0, 0.1) is 6.92 Å². The van der Waals surface area contributed by atoms with E-state index >= 15 is 0 Å². The molecule has 0 spiro atoms. The van der Waals surface area contributed by atoms with Gasteiger partial charge in [0.05, 0.1) is 6.54 Å². The second-order valence-electron chi connectivity index (χ2n) is 6.27. The molecular weight excluding hydrogens is 364 g/mol. The number of nitrogens with zero attached hydrogens (tertiary/aromatic N) is 2. The summed E-state index contributed by atoms with van der Waals surface area (Å²) in [6.45, 7) is 12.9. The van der Waals surface area contributed by atoms with E-state index in [0.717, 1.165) is 49.5 Å². The summed E-state index contributed by atoms with van der Waals surface area (Å²) in [6.07, 6.45) is 4.28. The predicted molar refractivity (Wildman–Crippen MR) is 106 cm³/mol. The Morgan fingerprint density at radius 3 is 2.79 bits per heavy atom. The van der Waals surface area contributed by atoms with Crippen LogP contribution >= 0.6 is 15.9 Å². The number of aryl methyl sites for hydroxylation is 1. The largest absolute Gasteiger partial charge is 0.357 e. The van der Waals surface area contributed by atoms with Crippen LogP contribution in [-0.4, -0.2) is 43.1 Å². The molecule has 24 heavy (non-hydrogen) atoms. The van der Waals surface area contributed by atoms with E-state index in [-0.39, 0.29) is 0 Å². The molecule has 0 aromatic heterocycles. The van der Waals surface area contributed by atoms with Crippen molar-refractivity contribution in [1.82, 2.24) is 15.5 Å². The van der Waals surface area contributed by atoms with Crippen LogP contribution in [0.15, 0.2) is 40.3 Å². The Bertz CT molecular complexity index is 562. The zero-order valence-electron chi connectivity index (χ0n) is 14.8. The average molecular weight is 393 g/mol. The van der Waals surface area contributed by atoms with Gasteiger partial charge in [0.2, 0.25) is 0 Å². The van der Waals surface area contributed by atoms with E-state index in [1.807, 2.05) is 6.08 Å². The molecule has 1 aromatic rings. The maximum absolute atomic E-state index is 4.77. The number of hydrogen-bond acceptors (Lipinski definition) is 2. The monoisotopic (exact) mass is 392 g/mol. The summed E-state index contributed by atoms with van der Waals surface area (Å²) < 4.78 is 1.11. The molecule has 1 fully saturated rings. The van der Waals surface area contributed by atoms with Gasteiger partial charge >= 0.3 is 0 Å². The van der Waals surface area contributed by atoms with Crippen molar-refractivity contribution >= 4 is 21.9 Å². The minimum absolute atomic E-state index is 0.495. The highest BCUT2D eigenvalue weighted by Gasteiger charge is 2.19. The molecule has 0 bridgehead atoms. The number of hydrogen-bond donors (Lipinski definition) is 2. The maximum Gasteiger partial charge on any atom is 0.191 e. The van der Waals surface area contributed by atoms with Crippen molar-refractivity contribution in [1.29, 1.82) is 0 Å². The number of aliphatic imine (C=N–C) groups is 1. The van der Waals surface area contributed by atoms with Crippen molar-refractivity contribution < 1.29 is 0 Å². The molecule has 0 atom stereocenters. The number of likely N-dealkylation sites (tertiary alicyclic amines) is 1. The van der Waals surface area contributed by atoms with Crippen molar-refractivity contribution in [3.8, 4) is 0 Å². The highest BCUT2D eigenvalue weighted by Crippen LogP contribution is 2.16. The number of halogens is 1. The summed E-state index contributed by atoms with van der Waals surface area (Å²) in [5.74, 6) is 0.919. The molecule has 4 nitrogen and oxygen atoms in total. The lowest BCUT2D eigenvalue weighted by molar-refractivity contribution is 0.225. The summed E-state index contributed by atoms with van der Waals surface area (Å²) in [5.41, 5.74) is 2.53. The summed E-state index contributed by atoms with van der Waals surface area (Å²) in [5, 5.41) is 6.96. The lowest BCUT2D eigenvalue weighted by Crippen LogP contribution is -2.48. The number of benzene rings is 1. The predicted octanol–water partition coefficient (Wildman–Crippen LogP) is 3.46. The third-order valence-corrected chi connectivity index (χ3v) is 4.87. The second-order valence-corrected chi connectivity index (χ2v) is 7.19. The normalized spacial score (nSPS) is 16.9. The molecule has 1 aliphatic rings. The van der Waals surface area contributed by atoms with E-state index in [2.05, 4.69) is 70.1 Å². The molecule has 0 amide bonds. The van der Waals surface area contributed by atoms with Gasteiger partial charge in [-0.2, -0.15) is 0 Å². The van der Waals surface area contributed by atoms with E-state index in [1.165, 1.54) is 11.1 Å². The first-order valence-corrected chi connectivity index (χ1v) is 9.54. The van der Waals surface area contributed by atoms with Gasteiger partial charge in [-0.1, -0.05) is 28.1 Å². The van der Waals surface area contributed by atoms with Gasteiger partial charge in [0.1, 0.15) is 0 Å². The maximum atomic E-state index is 4.77. The third-order valence-electron chi connectivity index (χ3n) is 4.37. The van der Waals surface area contributed by atoms with Crippen LogP contribution in [0.3, 0.4) is 0 Å². The molecule has 1 heterocycles. The minimum atomic E-state index is 0.495. The lowest BCUT2D eigenvalue weighted by Gasteiger charge is -2.32. The smallest absolute Gasteiger partial charge is 0.191 e. The highest BCUT2D eigenvalue weighted by molar-refractivity contribution is 9.10. The lowest BCUT2D eigenvalue weighted by atomic mass is 10.1. The van der Waals surface area contributed by atoms with Crippen molar-refractivity contribution in [3.63, 3.8) is 0 Å². The van der Waals surface area contributed by atoms with Gasteiger partial charge in [-0.15, -0.1) is 6.58 Å². The van der Waals surface area contributed by atoms with E-state index in [0.29, 0.717) is 12.6 Å². The molecule has 2 rings (SSSR count). The summed E-state index contributed by atoms with van der Waals surface area (Å²) in [6, 6.07) is 6.85. The van der Waals surface area contributed by atoms with Gasteiger partial charge in [-0.25, -0.2) is 4.99 Å². The molecule has 1 aromatic carbocycles. The Morgan fingerprint density at radius 2 is 2.17 bits per heavy atom. The third kappa shape index (κ3) is 5.95. The summed E-state index contributed by atoms with van der Waals surface area (Å²) in [7, 11) is 0. The van der Waals surface area contributed by atoms with Crippen molar-refractivity contribution in [2.24, 2.45) is 4.99 Å². The van der Waals surface area contributed by atoms with E-state index in [9.17, 15) is 0 Å². The number of rotatable bonds is 6. The molecule has 2 N–H and O–H groups in total. The van der Waals surface area contributed by atoms with Gasteiger partial charge in [0, 0.05) is 36.7 Å². The summed E-state index contributed by atoms with van der Waals surface area (Å²) in [4.78, 5) is 7.22. The Morgan fingerprint density at radius 1 is 1.42 bits per heavy atom. The SMILES string of the molecule is C=CCN1CCC(NC(=NCc2ccc(Br)cc2C)NCC)CC1.